The van der Waals surface area contributed by atoms with Crippen LogP contribution >= 0.6 is 12.6 Å². The van der Waals surface area contributed by atoms with Gasteiger partial charge in [-0.2, -0.15) is 17.6 Å². The third kappa shape index (κ3) is 71.7. The van der Waals surface area contributed by atoms with Crippen LogP contribution in [0.25, 0.3) is 11.2 Å². The van der Waals surface area contributed by atoms with Crippen molar-refractivity contribution in [3.05, 3.63) is 52.1 Å². The lowest BCUT2D eigenvalue weighted by Gasteiger charge is -2.25. The van der Waals surface area contributed by atoms with Gasteiger partial charge in [-0.25, -0.2) is 14.8 Å². The van der Waals surface area contributed by atoms with Gasteiger partial charge in [-0.05, 0) is 37.6 Å². The first-order valence-electron chi connectivity index (χ1n) is 48.5. The number of nitrogen functional groups attached to an aromatic ring is 1. The largest absolute Gasteiger partial charge is 0.481 e. The lowest BCUT2D eigenvalue weighted by atomic mass is 10.1. The highest BCUT2D eigenvalue weighted by molar-refractivity contribution is 7.80. The van der Waals surface area contributed by atoms with Crippen LogP contribution in [0.4, 0.5) is 11.6 Å². The second-order valence-electron chi connectivity index (χ2n) is 31.3. The summed E-state index contributed by atoms with van der Waals surface area (Å²) >= 11 is 3.87. The lowest BCUT2D eigenvalue weighted by molar-refractivity contribution is -0.143. The summed E-state index contributed by atoms with van der Waals surface area (Å²) in [4.78, 5) is 186. The van der Waals surface area contributed by atoms with Crippen molar-refractivity contribution in [2.45, 2.75) is 94.3 Å². The molecule has 18 N–H and O–H groups in total. The van der Waals surface area contributed by atoms with Gasteiger partial charge >= 0.3 is 17.9 Å². The van der Waals surface area contributed by atoms with E-state index in [0.717, 1.165) is 0 Å². The summed E-state index contributed by atoms with van der Waals surface area (Å²) in [6, 6.07) is -5.54. The number of carbonyl (C=O) groups excluding carboxylic acids is 9. The van der Waals surface area contributed by atoms with E-state index in [0.29, 0.717) is 236 Å². The maximum atomic E-state index is 14.4. The van der Waals surface area contributed by atoms with Crippen molar-refractivity contribution in [1.29, 1.82) is 0 Å². The van der Waals surface area contributed by atoms with E-state index in [9.17, 15) is 77.6 Å². The molecule has 56 nitrogen and oxygen atoms in total. The molecule has 0 saturated carbocycles. The van der Waals surface area contributed by atoms with Gasteiger partial charge in [-0.1, -0.05) is 0 Å². The summed E-state index contributed by atoms with van der Waals surface area (Å²) in [7, 11) is 3.23. The number of ether oxygens (including phenoxy) is 24. The molecular weight excluding hydrogens is 1990 g/mol. The van der Waals surface area contributed by atoms with Crippen LogP contribution in [0, 0.1) is 0 Å². The zero-order valence-corrected chi connectivity index (χ0v) is 85.5. The maximum absolute atomic E-state index is 14.4. The molecule has 1 aromatic carbocycles. The van der Waals surface area contributed by atoms with Crippen LogP contribution in [0.3, 0.4) is 0 Å². The molecule has 0 unspecified atom stereocenters. The highest BCUT2D eigenvalue weighted by atomic mass is 32.1. The molecule has 0 aliphatic rings. The molecule has 3 aromatic rings. The topological polar surface area (TPSA) is 731 Å². The summed E-state index contributed by atoms with van der Waals surface area (Å²) in [6.45, 7) is 15.2. The number of hydrogen-bond acceptors (Lipinski definition) is 44. The van der Waals surface area contributed by atoms with Crippen molar-refractivity contribution in [2.75, 3.05) is 355 Å². The Kier molecular flexibility index (Phi) is 80.2. The number of aromatic nitrogens is 4. The molecule has 844 valence electrons. The average molecular weight is 2140 g/mol. The highest BCUT2D eigenvalue weighted by Gasteiger charge is 2.34. The SMILES string of the molecule is COCCOCCOCCOCCOCCOCCOCCOCCOCCOCCOCCOCCC(=O)NC[C@H](NC(=O)CC[C@H](C)NC(=O)c1ccc(NCc2cnc3nc(N)[nH]c(=O)c3n2)cc1)C(=O)N[C@@H](CC(=O)O)C(=O)N[C@@H](CNC(=O)CCOCCOCCOCCOCCOCCOCCOCCOCCOCCOCCOCCOC)C(=O)NC[C@H](N)C(=O)N[C@@H](CC(=O)O)C(=O)N[C@@H](CS)C(=O)O. The summed E-state index contributed by atoms with van der Waals surface area (Å²) in [5.74, 6) is -14.5. The average Bonchev–Trinajstić information content (AvgIpc) is 0.808. The predicted octanol–water partition coefficient (Wildman–Crippen LogP) is -5.69. The molecule has 57 heteroatoms. The number of rotatable bonds is 102. The van der Waals surface area contributed by atoms with E-state index >= 15 is 0 Å². The lowest BCUT2D eigenvalue weighted by Crippen LogP contribution is -2.61. The summed E-state index contributed by atoms with van der Waals surface area (Å²) in [6.07, 6.45) is -1.88. The molecule has 0 saturated heterocycles. The number of nitrogens with zero attached hydrogens (tertiary/aromatic N) is 3. The molecule has 3 rings (SSSR count). The number of thiol groups is 1. The van der Waals surface area contributed by atoms with Crippen molar-refractivity contribution in [3.63, 3.8) is 0 Å². The van der Waals surface area contributed by atoms with Crippen molar-refractivity contribution in [2.24, 2.45) is 5.73 Å². The highest BCUT2D eigenvalue weighted by Crippen LogP contribution is 2.14. The zero-order valence-electron chi connectivity index (χ0n) is 84.6. The Hall–Kier alpha value is -9.97. The van der Waals surface area contributed by atoms with E-state index in [1.54, 1.807) is 33.3 Å². The number of nitrogens with one attached hydrogen (secondary N) is 11. The quantitative estimate of drug-likeness (QED) is 0.0185. The first-order chi connectivity index (χ1) is 71.8. The predicted molar refractivity (Wildman–Crippen MR) is 526 cm³/mol. The summed E-state index contributed by atoms with van der Waals surface area (Å²) < 4.78 is 131. The second-order valence-corrected chi connectivity index (χ2v) is 31.7. The van der Waals surface area contributed by atoms with Gasteiger partial charge in [0.1, 0.15) is 36.3 Å². The van der Waals surface area contributed by atoms with Gasteiger partial charge in [0.25, 0.3) is 11.5 Å². The number of carbonyl (C=O) groups is 12. The van der Waals surface area contributed by atoms with Crippen molar-refractivity contribution < 1.29 is 187 Å². The van der Waals surface area contributed by atoms with Gasteiger partial charge < -0.3 is 194 Å². The Bertz CT molecular complexity index is 4140. The third-order valence-corrected chi connectivity index (χ3v) is 19.8. The molecule has 0 aliphatic carbocycles. The smallest absolute Gasteiger partial charge is 0.327 e. The molecule has 2 aromatic heterocycles. The van der Waals surface area contributed by atoms with E-state index in [-0.39, 0.29) is 134 Å². The Morgan fingerprint density at radius 1 is 0.365 bits per heavy atom. The standard InChI is InChI=1S/C91H154N16O40S/c1-66(99-83(115)67-5-7-68(8-6-67)94-60-69-61-97-82-81(100-69)89(121)107-91(93)106-82)4-9-78(110)101-74(64-96-77(109)11-13-127-19-21-131-27-29-135-35-37-139-43-45-143-51-53-147-57-55-145-49-47-141-41-39-137-33-31-133-25-23-129-17-15-125-3)88(120)103-72(59-80(113)114)86(118)104-73(85(117)98-62-70(92)84(116)102-71(58-79(111)112)87(119)105-75(65-148)90(122)123)63-95-76(108)10-12-126-18-20-130-26-28-134-34-36-138-42-44-142-50-52-146-56-54-144-48-46-140-40-38-136-32-30-132-24-22-128-16-14-124-2/h5-8,61,66,70-75,94,148H,4,9-60,62-65,92H2,1-3H3,(H,95,108)(H,96,109)(H,98,117)(H,99,115)(H,101,110)(H,102,116)(H,103,120)(H,104,118)(H,105,119)(H,111,112)(H,113,114)(H,122,123)(H3,93,97,106,107,121)/t66-,70-,71-,72-,73-,74-,75-/m0/s1. The van der Waals surface area contributed by atoms with Crippen molar-refractivity contribution in [1.82, 2.24) is 67.8 Å². The third-order valence-electron chi connectivity index (χ3n) is 19.5. The Labute approximate surface area is 863 Å². The fourth-order valence-corrected chi connectivity index (χ4v) is 11.9. The van der Waals surface area contributed by atoms with Crippen molar-refractivity contribution >= 4 is 107 Å². The van der Waals surface area contributed by atoms with Gasteiger partial charge in [-0.3, -0.25) is 62.5 Å². The second kappa shape index (κ2) is 89.8. The molecule has 9 amide bonds. The van der Waals surface area contributed by atoms with Gasteiger partial charge in [-0.15, -0.1) is 0 Å². The number of amides is 9. The number of carboxylic acids is 3. The minimum absolute atomic E-state index is 0.0165. The number of methoxy groups -OCH3 is 2. The molecule has 0 spiro atoms. The number of H-pyrrole nitrogens is 1. The Morgan fingerprint density at radius 3 is 1.01 bits per heavy atom. The van der Waals surface area contributed by atoms with E-state index < -0.39 is 157 Å². The number of aromatic amines is 1. The molecule has 0 bridgehead atoms. The van der Waals surface area contributed by atoms with Gasteiger partial charge in [0.2, 0.25) is 53.2 Å². The van der Waals surface area contributed by atoms with Gasteiger partial charge in [0.15, 0.2) is 11.2 Å². The Balaban J connectivity index is 1.54. The van der Waals surface area contributed by atoms with Gasteiger partial charge in [0.05, 0.1) is 335 Å². The number of aliphatic carboxylic acids is 3. The van der Waals surface area contributed by atoms with E-state index in [2.05, 4.69) is 80.4 Å². The number of anilines is 2. The maximum Gasteiger partial charge on any atom is 0.327 e. The number of fused-ring (bicyclic) bond motifs is 1. The van der Waals surface area contributed by atoms with E-state index in [1.807, 2.05) is 5.32 Å². The van der Waals surface area contributed by atoms with E-state index in [4.69, 9.17) is 125 Å². The van der Waals surface area contributed by atoms with Crippen LogP contribution in [-0.4, -0.2) is 492 Å². The normalized spacial score (nSPS) is 12.8. The first-order valence-corrected chi connectivity index (χ1v) is 49.2. The first kappa shape index (κ1) is 132. The molecule has 0 fully saturated rings. The fraction of sp³-hybridized carbons (Fsp3) is 0.736. The molecule has 2 heterocycles. The summed E-state index contributed by atoms with van der Waals surface area (Å²) in [5.41, 5.74) is 12.4. The molecular formula is C91H154N16O40S. The molecule has 0 aliphatic heterocycles. The monoisotopic (exact) mass is 2140 g/mol. The van der Waals surface area contributed by atoms with Crippen LogP contribution in [0.15, 0.2) is 35.3 Å². The molecule has 7 atom stereocenters. The van der Waals surface area contributed by atoms with E-state index in [1.165, 1.54) is 18.3 Å². The molecule has 148 heavy (non-hydrogen) atoms. The Morgan fingerprint density at radius 2 is 0.676 bits per heavy atom. The number of carboxylic acid groups (broad SMARTS) is 3. The fourth-order valence-electron chi connectivity index (χ4n) is 11.7. The number of hydrogen-bond donors (Lipinski definition) is 17. The van der Waals surface area contributed by atoms with Crippen LogP contribution in [-0.2, 0) is 173 Å². The van der Waals surface area contributed by atoms with Crippen molar-refractivity contribution in [3.8, 4) is 0 Å². The van der Waals surface area contributed by atoms with Crippen LogP contribution < -0.4 is 70.2 Å². The van der Waals surface area contributed by atoms with Crippen LogP contribution in [0.1, 0.15) is 61.5 Å². The van der Waals surface area contributed by atoms with Crippen LogP contribution in [0.5, 0.6) is 0 Å². The minimum atomic E-state index is -2.11. The van der Waals surface area contributed by atoms with Crippen LogP contribution in [0.2, 0.25) is 0 Å². The summed E-state index contributed by atoms with van der Waals surface area (Å²) in [5, 5.41) is 53.4. The zero-order chi connectivity index (χ0) is 108. The number of benzene rings is 1. The molecule has 0 radical (unpaired) electrons. The van der Waals surface area contributed by atoms with Gasteiger partial charge in [0, 0.05) is 76.2 Å². The number of nitrogens with two attached hydrogens (primary N) is 2. The minimum Gasteiger partial charge on any atom is -0.481 e.